The highest BCUT2D eigenvalue weighted by Crippen LogP contribution is 2.42. The van der Waals surface area contributed by atoms with Crippen molar-refractivity contribution in [1.29, 1.82) is 0 Å². The Kier molecular flexibility index (Phi) is 10.3. The van der Waals surface area contributed by atoms with Gasteiger partial charge in [-0.25, -0.2) is 20.0 Å². The summed E-state index contributed by atoms with van der Waals surface area (Å²) in [5.41, 5.74) is 6.95. The van der Waals surface area contributed by atoms with Gasteiger partial charge in [0.2, 0.25) is 5.28 Å². The van der Waals surface area contributed by atoms with E-state index in [1.165, 1.54) is 12.7 Å². The SMILES string of the molecule is CC(C)CC(NP(OCC1CCC(n2c(Cl)nc3c(N)ncnc32)O1)Oc1cccc2ccccc12)C(=O)OC1CCCCC1. The molecule has 2 aliphatic rings. The second-order valence-corrected chi connectivity index (χ2v) is 13.7. The van der Waals surface area contributed by atoms with E-state index in [2.05, 4.69) is 33.9 Å². The third-order valence-electron chi connectivity index (χ3n) is 8.23. The minimum absolute atomic E-state index is 0.0376. The van der Waals surface area contributed by atoms with Crippen molar-refractivity contribution in [1.82, 2.24) is 24.6 Å². The molecular weight excluding hydrogens is 615 g/mol. The topological polar surface area (TPSA) is 136 Å². The van der Waals surface area contributed by atoms with Crippen LogP contribution in [0.3, 0.4) is 0 Å². The molecule has 4 atom stereocenters. The summed E-state index contributed by atoms with van der Waals surface area (Å²) in [5, 5.41) is 5.66. The predicted octanol–water partition coefficient (Wildman–Crippen LogP) is 7.10. The molecule has 6 rings (SSSR count). The standard InChI is InChI=1S/C32H40ClN6O5P/c1-20(2)17-25(31(40)43-22-11-4-3-5-12-22)38-45(44-26-14-8-10-21-9-6-7-13-24(21)26)41-18-23-15-16-27(42-23)39-30-28(37-32(39)33)29(34)35-19-36-30/h6-10,13-14,19-20,22-23,25,27,38H,3-5,11-12,15-18H2,1-2H3,(H2,34,35,36). The molecule has 3 N–H and O–H groups in total. The van der Waals surface area contributed by atoms with Crippen LogP contribution in [0.15, 0.2) is 48.8 Å². The van der Waals surface area contributed by atoms with Crippen molar-refractivity contribution >= 4 is 53.9 Å². The van der Waals surface area contributed by atoms with Crippen molar-refractivity contribution in [3.8, 4) is 5.75 Å². The fraction of sp³-hybridized carbons (Fsp3) is 0.500. The highest BCUT2D eigenvalue weighted by atomic mass is 35.5. The molecule has 45 heavy (non-hydrogen) atoms. The van der Waals surface area contributed by atoms with Gasteiger partial charge < -0.3 is 24.3 Å². The Labute approximate surface area is 269 Å². The van der Waals surface area contributed by atoms with E-state index in [9.17, 15) is 4.79 Å². The number of imidazole rings is 1. The number of hydrogen-bond acceptors (Lipinski definition) is 10. The van der Waals surface area contributed by atoms with E-state index in [0.717, 1.165) is 42.9 Å². The minimum atomic E-state index is -1.76. The molecule has 0 amide bonds. The summed E-state index contributed by atoms with van der Waals surface area (Å²) >= 11 is 6.48. The van der Waals surface area contributed by atoms with Gasteiger partial charge in [-0.1, -0.05) is 56.7 Å². The first kappa shape index (κ1) is 31.9. The number of esters is 1. The van der Waals surface area contributed by atoms with Crippen molar-refractivity contribution < 1.29 is 23.3 Å². The largest absolute Gasteiger partial charge is 0.461 e. The molecule has 4 aromatic rings. The maximum absolute atomic E-state index is 13.5. The fourth-order valence-electron chi connectivity index (χ4n) is 5.99. The van der Waals surface area contributed by atoms with Gasteiger partial charge >= 0.3 is 14.5 Å². The summed E-state index contributed by atoms with van der Waals surface area (Å²) in [7, 11) is -1.76. The number of nitrogens with one attached hydrogen (secondary N) is 1. The highest BCUT2D eigenvalue weighted by molar-refractivity contribution is 7.45. The number of benzene rings is 2. The van der Waals surface area contributed by atoms with Gasteiger partial charge in [0.25, 0.3) is 0 Å². The number of hydrogen-bond donors (Lipinski definition) is 2. The number of nitrogens with zero attached hydrogens (tertiary/aromatic N) is 4. The predicted molar refractivity (Wildman–Crippen MR) is 175 cm³/mol. The lowest BCUT2D eigenvalue weighted by Crippen LogP contribution is -2.39. The molecule has 1 saturated heterocycles. The Morgan fingerprint density at radius 3 is 2.73 bits per heavy atom. The Balaban J connectivity index is 1.18. The number of carbonyl (C=O) groups excluding carboxylic acids is 1. The monoisotopic (exact) mass is 654 g/mol. The van der Waals surface area contributed by atoms with Crippen LogP contribution in [0.25, 0.3) is 21.9 Å². The Morgan fingerprint density at radius 2 is 1.91 bits per heavy atom. The van der Waals surface area contributed by atoms with E-state index < -0.39 is 14.6 Å². The zero-order valence-electron chi connectivity index (χ0n) is 25.6. The van der Waals surface area contributed by atoms with E-state index in [1.54, 1.807) is 4.57 Å². The molecule has 0 spiro atoms. The van der Waals surface area contributed by atoms with Crippen molar-refractivity contribution in [3.63, 3.8) is 0 Å². The van der Waals surface area contributed by atoms with E-state index in [0.29, 0.717) is 29.8 Å². The van der Waals surface area contributed by atoms with Gasteiger partial charge in [0.05, 0.1) is 12.7 Å². The number of carbonyl (C=O) groups is 1. The van der Waals surface area contributed by atoms with E-state index in [1.807, 2.05) is 42.5 Å². The molecule has 1 aliphatic carbocycles. The zero-order chi connectivity index (χ0) is 31.3. The molecule has 2 fully saturated rings. The summed E-state index contributed by atoms with van der Waals surface area (Å²) in [6, 6.07) is 13.4. The Morgan fingerprint density at radius 1 is 1.11 bits per heavy atom. The fourth-order valence-corrected chi connectivity index (χ4v) is 7.55. The molecule has 240 valence electrons. The third kappa shape index (κ3) is 7.67. The first-order valence-corrected chi connectivity index (χ1v) is 17.3. The summed E-state index contributed by atoms with van der Waals surface area (Å²) in [4.78, 5) is 26.2. The van der Waals surface area contributed by atoms with Crippen LogP contribution in [0.5, 0.6) is 5.75 Å². The van der Waals surface area contributed by atoms with Gasteiger partial charge in [-0.2, -0.15) is 0 Å². The summed E-state index contributed by atoms with van der Waals surface area (Å²) < 4.78 is 27.1. The van der Waals surface area contributed by atoms with Crippen LogP contribution in [-0.4, -0.2) is 50.3 Å². The van der Waals surface area contributed by atoms with Gasteiger partial charge in [0.1, 0.15) is 30.5 Å². The van der Waals surface area contributed by atoms with Crippen molar-refractivity contribution in [2.45, 2.75) is 89.7 Å². The van der Waals surface area contributed by atoms with Crippen LogP contribution in [-0.2, 0) is 18.8 Å². The lowest BCUT2D eigenvalue weighted by Gasteiger charge is -2.28. The van der Waals surface area contributed by atoms with Crippen LogP contribution in [0, 0.1) is 5.92 Å². The van der Waals surface area contributed by atoms with Crippen LogP contribution in [0.4, 0.5) is 5.82 Å². The van der Waals surface area contributed by atoms with Crippen molar-refractivity contribution in [3.05, 3.63) is 54.1 Å². The Hall–Kier alpha value is -3.08. The van der Waals surface area contributed by atoms with Gasteiger partial charge in [0.15, 0.2) is 17.0 Å². The number of aromatic nitrogens is 4. The molecule has 1 saturated carbocycles. The molecule has 0 bridgehead atoms. The van der Waals surface area contributed by atoms with Gasteiger partial charge in [0, 0.05) is 5.39 Å². The second kappa shape index (κ2) is 14.6. The lowest BCUT2D eigenvalue weighted by atomic mass is 9.97. The molecule has 2 aromatic carbocycles. The number of rotatable bonds is 12. The van der Waals surface area contributed by atoms with Crippen LogP contribution >= 0.6 is 20.1 Å². The summed E-state index contributed by atoms with van der Waals surface area (Å²) in [6.45, 7) is 4.42. The maximum Gasteiger partial charge on any atom is 0.323 e. The average Bonchev–Trinajstić information content (AvgIpc) is 3.64. The molecular formula is C32H40ClN6O5P. The lowest BCUT2D eigenvalue weighted by molar-refractivity contribution is -0.153. The molecule has 3 heterocycles. The van der Waals surface area contributed by atoms with Gasteiger partial charge in [-0.3, -0.25) is 9.36 Å². The molecule has 11 nitrogen and oxygen atoms in total. The molecule has 1 aliphatic heterocycles. The van der Waals surface area contributed by atoms with E-state index >= 15 is 0 Å². The summed E-state index contributed by atoms with van der Waals surface area (Å²) in [6.07, 6.45) is 7.89. The number of nitrogen functional groups attached to an aromatic ring is 1. The third-order valence-corrected chi connectivity index (χ3v) is 9.77. The minimum Gasteiger partial charge on any atom is -0.461 e. The van der Waals surface area contributed by atoms with Gasteiger partial charge in [-0.15, -0.1) is 0 Å². The number of fused-ring (bicyclic) bond motifs is 2. The van der Waals surface area contributed by atoms with Crippen molar-refractivity contribution in [2.24, 2.45) is 5.92 Å². The maximum atomic E-state index is 13.5. The zero-order valence-corrected chi connectivity index (χ0v) is 27.3. The normalized spacial score (nSPS) is 20.5. The molecule has 4 unspecified atom stereocenters. The number of anilines is 1. The first-order chi connectivity index (χ1) is 21.9. The smallest absolute Gasteiger partial charge is 0.323 e. The summed E-state index contributed by atoms with van der Waals surface area (Å²) in [5.74, 6) is 0.934. The first-order valence-electron chi connectivity index (χ1n) is 15.7. The van der Waals surface area contributed by atoms with Crippen LogP contribution in [0.2, 0.25) is 5.28 Å². The van der Waals surface area contributed by atoms with E-state index in [-0.39, 0.29) is 48.0 Å². The number of ether oxygens (including phenoxy) is 2. The quantitative estimate of drug-likeness (QED) is 0.0925. The van der Waals surface area contributed by atoms with Crippen LogP contribution < -0.4 is 15.3 Å². The second-order valence-electron chi connectivity index (χ2n) is 12.1. The molecule has 0 radical (unpaired) electrons. The Bertz CT molecular complexity index is 1610. The number of nitrogens with two attached hydrogens (primary N) is 1. The molecule has 2 aromatic heterocycles. The average molecular weight is 655 g/mol. The molecule has 13 heteroatoms. The van der Waals surface area contributed by atoms with E-state index in [4.69, 9.17) is 35.9 Å². The van der Waals surface area contributed by atoms with Crippen LogP contribution in [0.1, 0.15) is 71.4 Å². The highest BCUT2D eigenvalue weighted by Gasteiger charge is 2.34. The number of halogens is 1. The van der Waals surface area contributed by atoms with Gasteiger partial charge in [-0.05, 0) is 73.9 Å². The van der Waals surface area contributed by atoms with Crippen molar-refractivity contribution in [2.75, 3.05) is 12.3 Å².